The van der Waals surface area contributed by atoms with Crippen LogP contribution in [0.1, 0.15) is 46.0 Å². The molecule has 0 aromatic carbocycles. The summed E-state index contributed by atoms with van der Waals surface area (Å²) < 4.78 is 38.6. The standard InChI is InChI=1S/C19H38F3N5/c1-5-23-18(24-11-9-7-6-8-10-12-25(3)4)27-15-13-26(14-16-27)17(2)19(20,21)22/h17H,5-16H2,1-4H3,(H,23,24). The lowest BCUT2D eigenvalue weighted by atomic mass is 10.1. The highest BCUT2D eigenvalue weighted by molar-refractivity contribution is 5.80. The fraction of sp³-hybridized carbons (Fsp3) is 0.947. The number of aliphatic imine (C=N–C) groups is 1. The molecule has 1 heterocycles. The first kappa shape index (κ1) is 24.0. The topological polar surface area (TPSA) is 34.1 Å². The van der Waals surface area contributed by atoms with Crippen LogP contribution in [0.4, 0.5) is 13.2 Å². The van der Waals surface area contributed by atoms with Crippen molar-refractivity contribution in [2.75, 3.05) is 59.9 Å². The van der Waals surface area contributed by atoms with E-state index in [2.05, 4.69) is 34.2 Å². The Kier molecular flexibility index (Phi) is 11.1. The molecule has 1 unspecified atom stereocenters. The van der Waals surface area contributed by atoms with Crippen LogP contribution >= 0.6 is 0 Å². The van der Waals surface area contributed by atoms with Crippen LogP contribution in [0.5, 0.6) is 0 Å². The number of nitrogens with zero attached hydrogens (tertiary/aromatic N) is 4. The summed E-state index contributed by atoms with van der Waals surface area (Å²) in [4.78, 5) is 10.5. The summed E-state index contributed by atoms with van der Waals surface area (Å²) in [6, 6.07) is -1.38. The maximum absolute atomic E-state index is 12.9. The van der Waals surface area contributed by atoms with Crippen molar-refractivity contribution in [1.29, 1.82) is 0 Å². The molecule has 0 amide bonds. The number of halogens is 3. The number of hydrogen-bond donors (Lipinski definition) is 1. The van der Waals surface area contributed by atoms with Gasteiger partial charge in [0.1, 0.15) is 6.04 Å². The zero-order chi connectivity index (χ0) is 20.3. The van der Waals surface area contributed by atoms with Crippen molar-refractivity contribution in [3.05, 3.63) is 0 Å². The van der Waals surface area contributed by atoms with Crippen molar-refractivity contribution in [2.45, 2.75) is 58.2 Å². The SMILES string of the molecule is CCNC(=NCCCCCCCN(C)C)N1CCN(C(C)C(F)(F)F)CC1. The number of alkyl halides is 3. The van der Waals surface area contributed by atoms with Gasteiger partial charge in [-0.3, -0.25) is 9.89 Å². The predicted molar refractivity (Wildman–Crippen MR) is 106 cm³/mol. The quantitative estimate of drug-likeness (QED) is 0.351. The summed E-state index contributed by atoms with van der Waals surface area (Å²) in [5, 5.41) is 3.28. The molecular formula is C19H38F3N5. The zero-order valence-corrected chi connectivity index (χ0v) is 17.5. The molecule has 27 heavy (non-hydrogen) atoms. The summed E-state index contributed by atoms with van der Waals surface area (Å²) in [7, 11) is 4.20. The van der Waals surface area contributed by atoms with E-state index < -0.39 is 12.2 Å². The molecule has 160 valence electrons. The molecule has 0 radical (unpaired) electrons. The fourth-order valence-electron chi connectivity index (χ4n) is 3.21. The first-order valence-corrected chi connectivity index (χ1v) is 10.2. The Morgan fingerprint density at radius 3 is 2.19 bits per heavy atom. The molecule has 0 aromatic rings. The van der Waals surface area contributed by atoms with E-state index >= 15 is 0 Å². The van der Waals surface area contributed by atoms with Gasteiger partial charge in [0, 0.05) is 39.3 Å². The van der Waals surface area contributed by atoms with Crippen molar-refractivity contribution >= 4 is 5.96 Å². The number of hydrogen-bond acceptors (Lipinski definition) is 3. The molecule has 5 nitrogen and oxygen atoms in total. The molecule has 0 saturated carbocycles. The van der Waals surface area contributed by atoms with E-state index in [1.54, 1.807) is 0 Å². The molecule has 1 aliphatic rings. The second-order valence-corrected chi connectivity index (χ2v) is 7.55. The van der Waals surface area contributed by atoms with Crippen molar-refractivity contribution in [3.63, 3.8) is 0 Å². The zero-order valence-electron chi connectivity index (χ0n) is 17.5. The third kappa shape index (κ3) is 9.65. The van der Waals surface area contributed by atoms with E-state index in [9.17, 15) is 13.2 Å². The molecule has 1 fully saturated rings. The van der Waals surface area contributed by atoms with Crippen LogP contribution in [-0.2, 0) is 0 Å². The summed E-state index contributed by atoms with van der Waals surface area (Å²) in [6.45, 7) is 7.93. The Hall–Kier alpha value is -1.02. The summed E-state index contributed by atoms with van der Waals surface area (Å²) in [6.07, 6.45) is 1.79. The Labute approximate surface area is 163 Å². The number of nitrogens with one attached hydrogen (secondary N) is 1. The predicted octanol–water partition coefficient (Wildman–Crippen LogP) is 3.03. The Morgan fingerprint density at radius 1 is 1.04 bits per heavy atom. The highest BCUT2D eigenvalue weighted by Gasteiger charge is 2.41. The second-order valence-electron chi connectivity index (χ2n) is 7.55. The lowest BCUT2D eigenvalue weighted by molar-refractivity contribution is -0.181. The van der Waals surface area contributed by atoms with Gasteiger partial charge in [0.25, 0.3) is 0 Å². The van der Waals surface area contributed by atoms with Crippen LogP contribution < -0.4 is 5.32 Å². The highest BCUT2D eigenvalue weighted by Crippen LogP contribution is 2.25. The minimum atomic E-state index is -4.16. The van der Waals surface area contributed by atoms with Crippen molar-refractivity contribution in [2.24, 2.45) is 4.99 Å². The third-order valence-electron chi connectivity index (χ3n) is 5.00. The second kappa shape index (κ2) is 12.4. The minimum Gasteiger partial charge on any atom is -0.357 e. The largest absolute Gasteiger partial charge is 0.403 e. The molecule has 0 aromatic heterocycles. The molecule has 1 aliphatic heterocycles. The molecule has 1 rings (SSSR count). The van der Waals surface area contributed by atoms with Crippen LogP contribution in [0.2, 0.25) is 0 Å². The van der Waals surface area contributed by atoms with E-state index in [4.69, 9.17) is 0 Å². The van der Waals surface area contributed by atoms with Gasteiger partial charge >= 0.3 is 6.18 Å². The number of unbranched alkanes of at least 4 members (excludes halogenated alkanes) is 4. The Bertz CT molecular complexity index is 418. The molecule has 0 aliphatic carbocycles. The molecule has 1 saturated heterocycles. The van der Waals surface area contributed by atoms with Crippen LogP contribution in [0.15, 0.2) is 4.99 Å². The number of piperazine rings is 1. The molecule has 8 heteroatoms. The molecule has 0 spiro atoms. The van der Waals surface area contributed by atoms with Gasteiger partial charge in [0.15, 0.2) is 5.96 Å². The lowest BCUT2D eigenvalue weighted by Gasteiger charge is -2.39. The van der Waals surface area contributed by atoms with Gasteiger partial charge in [-0.1, -0.05) is 19.3 Å². The van der Waals surface area contributed by atoms with Crippen molar-refractivity contribution in [1.82, 2.24) is 20.0 Å². The minimum absolute atomic E-state index is 0.414. The molecule has 1 atom stereocenters. The normalized spacial score (nSPS) is 18.2. The van der Waals surface area contributed by atoms with Gasteiger partial charge in [0.05, 0.1) is 0 Å². The molecule has 0 bridgehead atoms. The van der Waals surface area contributed by atoms with Gasteiger partial charge in [0.2, 0.25) is 0 Å². The van der Waals surface area contributed by atoms with Crippen LogP contribution in [0, 0.1) is 0 Å². The fourth-order valence-corrected chi connectivity index (χ4v) is 3.21. The average Bonchev–Trinajstić information content (AvgIpc) is 2.61. The first-order valence-electron chi connectivity index (χ1n) is 10.2. The van der Waals surface area contributed by atoms with Gasteiger partial charge < -0.3 is 15.1 Å². The Balaban J connectivity index is 2.33. The summed E-state index contributed by atoms with van der Waals surface area (Å²) >= 11 is 0. The maximum Gasteiger partial charge on any atom is 0.403 e. The van der Waals surface area contributed by atoms with Gasteiger partial charge in [-0.15, -0.1) is 0 Å². The lowest BCUT2D eigenvalue weighted by Crippen LogP contribution is -2.56. The monoisotopic (exact) mass is 393 g/mol. The van der Waals surface area contributed by atoms with Gasteiger partial charge in [-0.05, 0) is 47.3 Å². The highest BCUT2D eigenvalue weighted by atomic mass is 19.4. The Morgan fingerprint density at radius 2 is 1.63 bits per heavy atom. The van der Waals surface area contributed by atoms with E-state index in [0.29, 0.717) is 26.2 Å². The third-order valence-corrected chi connectivity index (χ3v) is 5.00. The van der Waals surface area contributed by atoms with Gasteiger partial charge in [-0.2, -0.15) is 13.2 Å². The molecular weight excluding hydrogens is 355 g/mol. The smallest absolute Gasteiger partial charge is 0.357 e. The van der Waals surface area contributed by atoms with Crippen LogP contribution in [0.3, 0.4) is 0 Å². The van der Waals surface area contributed by atoms with E-state index in [1.165, 1.54) is 37.5 Å². The average molecular weight is 394 g/mol. The van der Waals surface area contributed by atoms with Crippen LogP contribution in [0.25, 0.3) is 0 Å². The number of rotatable bonds is 10. The van der Waals surface area contributed by atoms with Crippen molar-refractivity contribution < 1.29 is 13.2 Å². The van der Waals surface area contributed by atoms with Gasteiger partial charge in [-0.25, -0.2) is 0 Å². The molecule has 1 N–H and O–H groups in total. The number of guanidine groups is 1. The van der Waals surface area contributed by atoms with Crippen LogP contribution in [-0.4, -0.2) is 92.8 Å². The van der Waals surface area contributed by atoms with Crippen molar-refractivity contribution in [3.8, 4) is 0 Å². The first-order chi connectivity index (χ1) is 12.8. The van der Waals surface area contributed by atoms with E-state index in [0.717, 1.165) is 32.0 Å². The van der Waals surface area contributed by atoms with E-state index in [1.807, 2.05) is 6.92 Å². The summed E-state index contributed by atoms with van der Waals surface area (Å²) in [5.74, 6) is 0.837. The maximum atomic E-state index is 12.9. The van der Waals surface area contributed by atoms with E-state index in [-0.39, 0.29) is 0 Å². The summed E-state index contributed by atoms with van der Waals surface area (Å²) in [5.41, 5.74) is 0.